The number of unbranched alkanes of at least 4 members (excludes halogenated alkanes) is 1. The number of pyridine rings is 1. The number of nitrogens with two attached hydrogens (primary N) is 1. The second-order valence-corrected chi connectivity index (χ2v) is 8.04. The van der Waals surface area contributed by atoms with E-state index in [9.17, 15) is 14.4 Å². The van der Waals surface area contributed by atoms with Crippen molar-refractivity contribution in [1.82, 2.24) is 5.32 Å². The number of carbonyl (C=O) groups is 3. The molecule has 3 aromatic rings. The third kappa shape index (κ3) is 10.0. The van der Waals surface area contributed by atoms with Gasteiger partial charge >= 0.3 is 12.1 Å². The zero-order valence-corrected chi connectivity index (χ0v) is 22.0. The van der Waals surface area contributed by atoms with Crippen molar-refractivity contribution in [2.45, 2.75) is 45.1 Å². The van der Waals surface area contributed by atoms with Crippen molar-refractivity contribution in [3.8, 4) is 0 Å². The second-order valence-electron chi connectivity index (χ2n) is 8.04. The maximum absolute atomic E-state index is 12.8. The summed E-state index contributed by atoms with van der Waals surface area (Å²) in [6.45, 7) is 0.915. The molecule has 0 radical (unpaired) electrons. The Kier molecular flexibility index (Phi) is 12.4. The fourth-order valence-electron chi connectivity index (χ4n) is 3.40. The minimum absolute atomic E-state index is 0. The van der Waals surface area contributed by atoms with E-state index in [-0.39, 0.29) is 37.2 Å². The highest BCUT2D eigenvalue weighted by Gasteiger charge is 2.23. The van der Waals surface area contributed by atoms with Crippen molar-refractivity contribution in [3.05, 3.63) is 102 Å². The van der Waals surface area contributed by atoms with Gasteiger partial charge < -0.3 is 44.5 Å². The number of esters is 1. The molecule has 0 aliphatic rings. The third-order valence-corrected chi connectivity index (χ3v) is 5.35. The zero-order valence-electron chi connectivity index (χ0n) is 19.8. The molecule has 1 aromatic heterocycles. The quantitative estimate of drug-likeness (QED) is 0.134. The molecule has 0 bridgehead atoms. The van der Waals surface area contributed by atoms with Gasteiger partial charge in [0.25, 0.3) is 0 Å². The van der Waals surface area contributed by atoms with Crippen LogP contribution >= 0.6 is 0 Å². The number of halogens is 1. The zero-order chi connectivity index (χ0) is 24.9. The van der Waals surface area contributed by atoms with Gasteiger partial charge in [-0.15, -0.1) is 0 Å². The largest absolute Gasteiger partial charge is 1.00 e. The monoisotopic (exact) mass is 603 g/mol. The van der Waals surface area contributed by atoms with E-state index in [0.717, 1.165) is 17.5 Å². The molecular weight excluding hydrogens is 573 g/mol. The van der Waals surface area contributed by atoms with E-state index in [2.05, 4.69) is 5.32 Å². The van der Waals surface area contributed by atoms with Gasteiger partial charge in [-0.2, -0.15) is 0 Å². The summed E-state index contributed by atoms with van der Waals surface area (Å²) in [4.78, 5) is 36.3. The molecule has 9 heteroatoms. The summed E-state index contributed by atoms with van der Waals surface area (Å²) in [7, 11) is 0. The van der Waals surface area contributed by atoms with Gasteiger partial charge in [-0.25, -0.2) is 14.2 Å². The van der Waals surface area contributed by atoms with Crippen LogP contribution in [0.15, 0.2) is 85.2 Å². The molecule has 0 saturated heterocycles. The van der Waals surface area contributed by atoms with Crippen molar-refractivity contribution in [2.75, 3.05) is 0 Å². The molecule has 3 rings (SSSR count). The first kappa shape index (κ1) is 28.8. The topological polar surface area (TPSA) is 112 Å². The predicted octanol–water partition coefficient (Wildman–Crippen LogP) is 0.286. The minimum Gasteiger partial charge on any atom is -1.00 e. The van der Waals surface area contributed by atoms with Crippen LogP contribution in [0.2, 0.25) is 0 Å². The van der Waals surface area contributed by atoms with Crippen LogP contribution < -0.4 is 39.6 Å². The van der Waals surface area contributed by atoms with Gasteiger partial charge in [0, 0.05) is 18.6 Å². The summed E-state index contributed by atoms with van der Waals surface area (Å²) < 4.78 is 12.7. The van der Waals surface area contributed by atoms with E-state index in [1.165, 1.54) is 0 Å². The van der Waals surface area contributed by atoms with E-state index in [4.69, 9.17) is 15.2 Å². The molecule has 0 unspecified atom stereocenters. The Morgan fingerprint density at radius 2 is 1.36 bits per heavy atom. The molecule has 0 fully saturated rings. The lowest BCUT2D eigenvalue weighted by atomic mass is 10.1. The van der Waals surface area contributed by atoms with Crippen LogP contribution in [0, 0.1) is 0 Å². The van der Waals surface area contributed by atoms with Crippen LogP contribution in [0.25, 0.3) is 0 Å². The summed E-state index contributed by atoms with van der Waals surface area (Å²) in [6.07, 6.45) is 4.70. The van der Waals surface area contributed by atoms with Crippen molar-refractivity contribution in [2.24, 2.45) is 5.73 Å². The lowest BCUT2D eigenvalue weighted by Gasteiger charge is -2.17. The molecule has 0 aliphatic carbocycles. The van der Waals surface area contributed by atoms with Gasteiger partial charge in [-0.3, -0.25) is 4.79 Å². The number of nitrogens with zero attached hydrogens (tertiary/aromatic N) is 1. The molecular formula is C27H30IN3O5. The smallest absolute Gasteiger partial charge is 0.408 e. The highest BCUT2D eigenvalue weighted by atomic mass is 127. The van der Waals surface area contributed by atoms with Gasteiger partial charge in [-0.1, -0.05) is 60.7 Å². The molecule has 0 spiro atoms. The van der Waals surface area contributed by atoms with Crippen LogP contribution in [0.3, 0.4) is 0 Å². The van der Waals surface area contributed by atoms with Gasteiger partial charge in [0.2, 0.25) is 5.91 Å². The number of aryl methyl sites for hydroxylation is 1. The van der Waals surface area contributed by atoms with E-state index in [0.29, 0.717) is 24.9 Å². The van der Waals surface area contributed by atoms with Crippen molar-refractivity contribution in [1.29, 1.82) is 0 Å². The van der Waals surface area contributed by atoms with Crippen molar-refractivity contribution < 1.29 is 52.4 Å². The fraction of sp³-hybridized carbons (Fsp3) is 0.259. The highest BCUT2D eigenvalue weighted by Crippen LogP contribution is 2.08. The van der Waals surface area contributed by atoms with Gasteiger partial charge in [0.1, 0.15) is 25.8 Å². The number of carbonyl (C=O) groups excluding carboxylic acids is 3. The Hall–Kier alpha value is -3.47. The Morgan fingerprint density at radius 1 is 0.806 bits per heavy atom. The number of aromatic nitrogens is 1. The molecule has 1 atom stereocenters. The third-order valence-electron chi connectivity index (χ3n) is 5.35. The Labute approximate surface area is 227 Å². The Morgan fingerprint density at radius 3 is 1.92 bits per heavy atom. The van der Waals surface area contributed by atoms with E-state index < -0.39 is 24.0 Å². The fourth-order valence-corrected chi connectivity index (χ4v) is 3.40. The molecule has 2 aromatic carbocycles. The number of hydrogen-bond acceptors (Lipinski definition) is 5. The lowest BCUT2D eigenvalue weighted by Crippen LogP contribution is -3.00. The Balaban J connectivity index is 0.00000456. The molecule has 0 saturated carbocycles. The SMILES string of the molecule is NC(=O)c1cc[n+](CCCC[C@H](NC(=O)OCc2ccccc2)C(=O)OCc2ccccc2)cc1.[I-]. The first-order chi connectivity index (χ1) is 17.0. The average Bonchev–Trinajstić information content (AvgIpc) is 2.89. The van der Waals surface area contributed by atoms with E-state index in [1.807, 2.05) is 65.2 Å². The minimum atomic E-state index is -0.829. The molecule has 0 aliphatic heterocycles. The van der Waals surface area contributed by atoms with E-state index in [1.54, 1.807) is 24.5 Å². The molecule has 36 heavy (non-hydrogen) atoms. The number of rotatable bonds is 12. The molecule has 2 amide bonds. The summed E-state index contributed by atoms with van der Waals surface area (Å²) in [5, 5.41) is 2.65. The van der Waals surface area contributed by atoms with Crippen LogP contribution in [0.4, 0.5) is 4.79 Å². The standard InChI is InChI=1S/C27H29N3O5.HI/c28-25(31)23-14-17-30(18-15-23)16-8-7-13-24(26(32)34-19-21-9-3-1-4-10-21)29-27(33)35-20-22-11-5-2-6-12-22;/h1-6,9-12,14-15,17-18,24H,7-8,13,16,19-20H2,(H2-,28,29,31,33);1H/t24-;/m0./s1. The molecule has 8 nitrogen and oxygen atoms in total. The van der Waals surface area contributed by atoms with Gasteiger partial charge in [0.05, 0.1) is 5.56 Å². The summed E-state index contributed by atoms with van der Waals surface area (Å²) in [5.74, 6) is -0.983. The number of hydrogen-bond donors (Lipinski definition) is 2. The van der Waals surface area contributed by atoms with Crippen LogP contribution in [0.1, 0.15) is 40.7 Å². The highest BCUT2D eigenvalue weighted by molar-refractivity contribution is 5.92. The first-order valence-electron chi connectivity index (χ1n) is 11.5. The van der Waals surface area contributed by atoms with Gasteiger partial charge in [0.15, 0.2) is 12.4 Å². The first-order valence-corrected chi connectivity index (χ1v) is 11.5. The number of primary amides is 1. The molecule has 3 N–H and O–H groups in total. The number of benzene rings is 2. The molecule has 190 valence electrons. The number of amides is 2. The summed E-state index contributed by atoms with van der Waals surface area (Å²) in [6, 6.07) is 21.2. The average molecular weight is 603 g/mol. The van der Waals surface area contributed by atoms with Crippen molar-refractivity contribution >= 4 is 18.0 Å². The molecule has 1 heterocycles. The number of nitrogens with one attached hydrogen (secondary N) is 1. The number of ether oxygens (including phenoxy) is 2. The lowest BCUT2D eigenvalue weighted by molar-refractivity contribution is -0.697. The van der Waals surface area contributed by atoms with Crippen LogP contribution in [-0.4, -0.2) is 24.0 Å². The Bertz CT molecular complexity index is 1100. The van der Waals surface area contributed by atoms with Crippen LogP contribution in [0.5, 0.6) is 0 Å². The second kappa shape index (κ2) is 15.5. The summed E-state index contributed by atoms with van der Waals surface area (Å²) >= 11 is 0. The van der Waals surface area contributed by atoms with Gasteiger partial charge in [-0.05, 0) is 24.0 Å². The predicted molar refractivity (Wildman–Crippen MR) is 129 cm³/mol. The summed E-state index contributed by atoms with van der Waals surface area (Å²) in [5.41, 5.74) is 7.43. The normalized spacial score (nSPS) is 11.0. The maximum Gasteiger partial charge on any atom is 0.408 e. The van der Waals surface area contributed by atoms with E-state index >= 15 is 0 Å². The van der Waals surface area contributed by atoms with Crippen molar-refractivity contribution in [3.63, 3.8) is 0 Å². The maximum atomic E-state index is 12.8. The number of alkyl carbamates (subject to hydrolysis) is 1. The van der Waals surface area contributed by atoms with Crippen LogP contribution in [-0.2, 0) is 34.0 Å².